The molecule has 0 unspecified atom stereocenters. The molecule has 2 aromatic carbocycles. The van der Waals surface area contributed by atoms with Gasteiger partial charge in [-0.15, -0.1) is 0 Å². The van der Waals surface area contributed by atoms with E-state index in [1.807, 2.05) is 19.1 Å². The summed E-state index contributed by atoms with van der Waals surface area (Å²) in [4.78, 5) is 33.2. The second-order valence-corrected chi connectivity index (χ2v) is 7.49. The Labute approximate surface area is 196 Å². The Kier molecular flexibility index (Phi) is 6.35. The Morgan fingerprint density at radius 3 is 2.24 bits per heavy atom. The van der Waals surface area contributed by atoms with Crippen LogP contribution >= 0.6 is 0 Å². The summed E-state index contributed by atoms with van der Waals surface area (Å²) in [6, 6.07) is 12.0. The highest BCUT2D eigenvalue weighted by molar-refractivity contribution is 6.08. The minimum atomic E-state index is -0.392. The fraction of sp³-hybridized carbons (Fsp3) is 0.160. The first-order valence-corrected chi connectivity index (χ1v) is 10.4. The van der Waals surface area contributed by atoms with E-state index < -0.39 is 5.91 Å². The van der Waals surface area contributed by atoms with Gasteiger partial charge in [0.25, 0.3) is 11.8 Å². The number of nitrogens with one attached hydrogen (secondary N) is 3. The van der Waals surface area contributed by atoms with E-state index in [0.717, 1.165) is 16.6 Å². The van der Waals surface area contributed by atoms with Gasteiger partial charge in [0, 0.05) is 28.4 Å². The first-order valence-electron chi connectivity index (χ1n) is 10.4. The molecule has 0 spiro atoms. The summed E-state index contributed by atoms with van der Waals surface area (Å²) in [6.45, 7) is 1.83. The van der Waals surface area contributed by atoms with Gasteiger partial charge in [-0.3, -0.25) is 9.59 Å². The zero-order valence-corrected chi connectivity index (χ0v) is 19.2. The number of carbonyl (C=O) groups excluding carboxylic acids is 2. The van der Waals surface area contributed by atoms with Crippen molar-refractivity contribution in [2.45, 2.75) is 6.92 Å². The normalized spacial score (nSPS) is 10.6. The Morgan fingerprint density at radius 1 is 0.853 bits per heavy atom. The first kappa shape index (κ1) is 22.7. The molecule has 2 heterocycles. The summed E-state index contributed by atoms with van der Waals surface area (Å²) in [7, 11) is 4.45. The van der Waals surface area contributed by atoms with Gasteiger partial charge in [0.05, 0.1) is 33.2 Å². The zero-order chi connectivity index (χ0) is 24.2. The molecule has 9 heteroatoms. The van der Waals surface area contributed by atoms with E-state index in [-0.39, 0.29) is 5.91 Å². The molecular formula is C25H24N4O5. The van der Waals surface area contributed by atoms with Crippen LogP contribution in [0.3, 0.4) is 0 Å². The molecule has 0 fully saturated rings. The maximum absolute atomic E-state index is 12.9. The second-order valence-electron chi connectivity index (χ2n) is 7.49. The van der Waals surface area contributed by atoms with Crippen LogP contribution in [-0.2, 0) is 0 Å². The number of H-pyrrole nitrogens is 1. The Bertz CT molecular complexity index is 1350. The van der Waals surface area contributed by atoms with E-state index in [9.17, 15) is 9.59 Å². The number of benzene rings is 2. The fourth-order valence-corrected chi connectivity index (χ4v) is 3.57. The molecule has 3 N–H and O–H groups in total. The number of aryl methyl sites for hydroxylation is 1. The monoisotopic (exact) mass is 460 g/mol. The molecule has 0 saturated heterocycles. The Hall–Kier alpha value is -4.53. The van der Waals surface area contributed by atoms with E-state index in [1.165, 1.54) is 21.3 Å². The van der Waals surface area contributed by atoms with Gasteiger partial charge >= 0.3 is 0 Å². The lowest BCUT2D eigenvalue weighted by molar-refractivity contribution is 0.101. The predicted octanol–water partition coefficient (Wildman–Crippen LogP) is 4.40. The zero-order valence-electron chi connectivity index (χ0n) is 19.2. The number of anilines is 2. The second kappa shape index (κ2) is 9.53. The van der Waals surface area contributed by atoms with Crippen molar-refractivity contribution in [1.29, 1.82) is 0 Å². The molecular weight excluding hydrogens is 436 g/mol. The van der Waals surface area contributed by atoms with Gasteiger partial charge < -0.3 is 29.8 Å². The van der Waals surface area contributed by atoms with Gasteiger partial charge in [-0.2, -0.15) is 0 Å². The smallest absolute Gasteiger partial charge is 0.256 e. The number of aromatic nitrogens is 2. The highest BCUT2D eigenvalue weighted by Gasteiger charge is 2.18. The summed E-state index contributed by atoms with van der Waals surface area (Å²) in [5.74, 6) is 0.422. The van der Waals surface area contributed by atoms with Crippen LogP contribution in [0.25, 0.3) is 11.0 Å². The maximum Gasteiger partial charge on any atom is 0.256 e. The molecule has 4 rings (SSSR count). The molecule has 174 valence electrons. The Balaban J connectivity index is 1.56. The molecule has 4 aromatic rings. The van der Waals surface area contributed by atoms with E-state index in [0.29, 0.717) is 39.8 Å². The number of methoxy groups -OCH3 is 3. The topological polar surface area (TPSA) is 115 Å². The van der Waals surface area contributed by atoms with Crippen molar-refractivity contribution in [2.75, 3.05) is 32.0 Å². The van der Waals surface area contributed by atoms with Crippen LogP contribution in [-0.4, -0.2) is 43.1 Å². The number of ether oxygens (including phenoxy) is 3. The molecule has 2 amide bonds. The number of hydrogen-bond donors (Lipinski definition) is 3. The molecule has 0 bridgehead atoms. The van der Waals surface area contributed by atoms with Crippen molar-refractivity contribution in [3.8, 4) is 17.2 Å². The SMILES string of the molecule is COc1cc(C(=O)Nc2ccc(C)c(C(=O)Nc3cnc4[nH]ccc4c3)c2)cc(OC)c1OC. The van der Waals surface area contributed by atoms with Gasteiger partial charge in [-0.1, -0.05) is 6.07 Å². The number of fused-ring (bicyclic) bond motifs is 1. The van der Waals surface area contributed by atoms with Crippen molar-refractivity contribution in [3.63, 3.8) is 0 Å². The largest absolute Gasteiger partial charge is 0.493 e. The van der Waals surface area contributed by atoms with Crippen LogP contribution in [0.2, 0.25) is 0 Å². The summed E-state index contributed by atoms with van der Waals surface area (Å²) >= 11 is 0. The summed E-state index contributed by atoms with van der Waals surface area (Å²) < 4.78 is 15.9. The summed E-state index contributed by atoms with van der Waals surface area (Å²) in [6.07, 6.45) is 3.37. The van der Waals surface area contributed by atoms with Crippen molar-refractivity contribution in [1.82, 2.24) is 9.97 Å². The van der Waals surface area contributed by atoms with E-state index >= 15 is 0 Å². The van der Waals surface area contributed by atoms with Gasteiger partial charge in [0.1, 0.15) is 5.65 Å². The lowest BCUT2D eigenvalue weighted by atomic mass is 10.1. The minimum Gasteiger partial charge on any atom is -0.493 e. The lowest BCUT2D eigenvalue weighted by Gasteiger charge is -2.14. The standard InChI is InChI=1S/C25H24N4O5/c1-14-5-6-17(28-24(30)16-10-20(32-2)22(34-4)21(11-16)33-3)12-19(14)25(31)29-18-9-15-7-8-26-23(15)27-13-18/h5-13H,1-4H3,(H,26,27)(H,28,30)(H,29,31). The highest BCUT2D eigenvalue weighted by Crippen LogP contribution is 2.38. The number of pyridine rings is 1. The molecule has 34 heavy (non-hydrogen) atoms. The summed E-state index contributed by atoms with van der Waals surface area (Å²) in [5.41, 5.74) is 3.28. The number of nitrogens with zero attached hydrogens (tertiary/aromatic N) is 1. The van der Waals surface area contributed by atoms with Crippen LogP contribution in [0, 0.1) is 6.92 Å². The quantitative estimate of drug-likeness (QED) is 0.377. The maximum atomic E-state index is 12.9. The van der Waals surface area contributed by atoms with E-state index in [1.54, 1.807) is 42.7 Å². The average Bonchev–Trinajstić information content (AvgIpc) is 3.32. The van der Waals surface area contributed by atoms with Crippen LogP contribution in [0.1, 0.15) is 26.3 Å². The first-order chi connectivity index (χ1) is 16.4. The van der Waals surface area contributed by atoms with Gasteiger partial charge in [0.15, 0.2) is 11.5 Å². The van der Waals surface area contributed by atoms with Crippen molar-refractivity contribution in [2.24, 2.45) is 0 Å². The summed E-state index contributed by atoms with van der Waals surface area (Å²) in [5, 5.41) is 6.57. The van der Waals surface area contributed by atoms with Gasteiger partial charge in [0.2, 0.25) is 5.75 Å². The molecule has 9 nitrogen and oxygen atoms in total. The number of aromatic amines is 1. The van der Waals surface area contributed by atoms with E-state index in [4.69, 9.17) is 14.2 Å². The predicted molar refractivity (Wildman–Crippen MR) is 129 cm³/mol. The molecule has 0 aliphatic carbocycles. The molecule has 0 aliphatic heterocycles. The molecule has 0 aliphatic rings. The number of carbonyl (C=O) groups is 2. The van der Waals surface area contributed by atoms with Gasteiger partial charge in [-0.05, 0) is 48.9 Å². The highest BCUT2D eigenvalue weighted by atomic mass is 16.5. The number of hydrogen-bond acceptors (Lipinski definition) is 6. The lowest BCUT2D eigenvalue weighted by Crippen LogP contribution is -2.16. The van der Waals surface area contributed by atoms with E-state index in [2.05, 4.69) is 20.6 Å². The average molecular weight is 460 g/mol. The molecule has 0 radical (unpaired) electrons. The van der Waals surface area contributed by atoms with Crippen molar-refractivity contribution < 1.29 is 23.8 Å². The van der Waals surface area contributed by atoms with Crippen molar-refractivity contribution in [3.05, 3.63) is 71.5 Å². The van der Waals surface area contributed by atoms with Crippen LogP contribution in [0.4, 0.5) is 11.4 Å². The van der Waals surface area contributed by atoms with Crippen LogP contribution < -0.4 is 24.8 Å². The third-order valence-corrected chi connectivity index (χ3v) is 5.32. The third-order valence-electron chi connectivity index (χ3n) is 5.32. The Morgan fingerprint density at radius 2 is 1.56 bits per heavy atom. The van der Waals surface area contributed by atoms with Crippen LogP contribution in [0.5, 0.6) is 17.2 Å². The van der Waals surface area contributed by atoms with Crippen LogP contribution in [0.15, 0.2) is 54.9 Å². The minimum absolute atomic E-state index is 0.307. The molecule has 0 saturated carbocycles. The number of rotatable bonds is 7. The number of amides is 2. The molecule has 0 atom stereocenters. The van der Waals surface area contributed by atoms with Gasteiger partial charge in [-0.25, -0.2) is 4.98 Å². The fourth-order valence-electron chi connectivity index (χ4n) is 3.57. The molecule has 2 aromatic heterocycles. The third kappa shape index (κ3) is 4.49. The van der Waals surface area contributed by atoms with Crippen molar-refractivity contribution >= 4 is 34.2 Å².